The van der Waals surface area contributed by atoms with E-state index in [1.807, 2.05) is 6.92 Å². The molecule has 1 saturated heterocycles. The van der Waals surface area contributed by atoms with Crippen LogP contribution in [0.3, 0.4) is 0 Å². The molecule has 21 heavy (non-hydrogen) atoms. The summed E-state index contributed by atoms with van der Waals surface area (Å²) in [5, 5.41) is 0.547. The van der Waals surface area contributed by atoms with Crippen LogP contribution in [-0.2, 0) is 17.2 Å². The Hall–Kier alpha value is -0.680. The fourth-order valence-electron chi connectivity index (χ4n) is 3.00. The topological polar surface area (TPSA) is 46.1 Å². The van der Waals surface area contributed by atoms with E-state index in [4.69, 9.17) is 11.6 Å². The highest BCUT2D eigenvalue weighted by molar-refractivity contribution is 7.86. The van der Waals surface area contributed by atoms with E-state index in [2.05, 4.69) is 35.6 Å². The van der Waals surface area contributed by atoms with Crippen molar-refractivity contribution in [1.29, 1.82) is 0 Å². The zero-order valence-electron chi connectivity index (χ0n) is 13.3. The average Bonchev–Trinajstić information content (AvgIpc) is 2.47. The number of aromatic nitrogens is 2. The van der Waals surface area contributed by atoms with Crippen LogP contribution in [0.25, 0.3) is 0 Å². The van der Waals surface area contributed by atoms with Crippen molar-refractivity contribution in [3.63, 3.8) is 0 Å². The van der Waals surface area contributed by atoms with Gasteiger partial charge in [0.2, 0.25) is 0 Å². The summed E-state index contributed by atoms with van der Waals surface area (Å²) < 4.78 is 12.3. The lowest BCUT2D eigenvalue weighted by molar-refractivity contribution is 0.493. The molecule has 0 aliphatic carbocycles. The van der Waals surface area contributed by atoms with Crippen molar-refractivity contribution in [2.75, 3.05) is 23.7 Å². The standard InChI is InChI=1S/C15H24ClN3OS/c1-5-12-13(16)17-11(4)18-14(12)19-8-9-21(20)15(6-2,7-3)10-19/h5-10H2,1-4H3. The van der Waals surface area contributed by atoms with Gasteiger partial charge in [-0.05, 0) is 26.2 Å². The molecule has 0 spiro atoms. The van der Waals surface area contributed by atoms with Crippen LogP contribution in [0.4, 0.5) is 5.82 Å². The number of aryl methyl sites for hydroxylation is 1. The molecule has 0 aromatic carbocycles. The van der Waals surface area contributed by atoms with Crippen molar-refractivity contribution in [3.05, 3.63) is 16.5 Å². The molecule has 1 aliphatic heterocycles. The number of hydrogen-bond donors (Lipinski definition) is 0. The number of halogens is 1. The summed E-state index contributed by atoms with van der Waals surface area (Å²) in [4.78, 5) is 11.1. The number of anilines is 1. The molecular weight excluding hydrogens is 306 g/mol. The van der Waals surface area contributed by atoms with Gasteiger partial charge in [-0.3, -0.25) is 4.21 Å². The first-order chi connectivity index (χ1) is 9.97. The van der Waals surface area contributed by atoms with Crippen LogP contribution in [0.5, 0.6) is 0 Å². The molecular formula is C15H24ClN3OS. The molecule has 0 radical (unpaired) electrons. The molecule has 0 bridgehead atoms. The van der Waals surface area contributed by atoms with Crippen molar-refractivity contribution in [2.24, 2.45) is 0 Å². The minimum atomic E-state index is -0.768. The summed E-state index contributed by atoms with van der Waals surface area (Å²) in [5.41, 5.74) is 0.996. The smallest absolute Gasteiger partial charge is 0.138 e. The van der Waals surface area contributed by atoms with Crippen LogP contribution in [0.15, 0.2) is 0 Å². The Labute approximate surface area is 134 Å². The Morgan fingerprint density at radius 2 is 1.95 bits per heavy atom. The molecule has 2 heterocycles. The molecule has 1 aliphatic rings. The van der Waals surface area contributed by atoms with Gasteiger partial charge in [-0.1, -0.05) is 32.4 Å². The van der Waals surface area contributed by atoms with Crippen LogP contribution in [0, 0.1) is 6.92 Å². The van der Waals surface area contributed by atoms with Gasteiger partial charge in [0, 0.05) is 35.2 Å². The predicted octanol–water partition coefficient (Wildman–Crippen LogP) is 3.13. The normalized spacial score (nSPS) is 21.6. The van der Waals surface area contributed by atoms with Gasteiger partial charge in [-0.15, -0.1) is 0 Å². The molecule has 1 fully saturated rings. The van der Waals surface area contributed by atoms with E-state index < -0.39 is 10.8 Å². The van der Waals surface area contributed by atoms with Gasteiger partial charge in [0.05, 0.1) is 4.75 Å². The van der Waals surface area contributed by atoms with Crippen LogP contribution in [0.2, 0.25) is 5.15 Å². The van der Waals surface area contributed by atoms with Gasteiger partial charge >= 0.3 is 0 Å². The van der Waals surface area contributed by atoms with E-state index in [0.717, 1.165) is 43.7 Å². The minimum Gasteiger partial charge on any atom is -0.354 e. The summed E-state index contributed by atoms with van der Waals surface area (Å²) in [5.74, 6) is 2.32. The van der Waals surface area contributed by atoms with E-state index in [1.54, 1.807) is 0 Å². The number of rotatable bonds is 4. The number of hydrogen-bond acceptors (Lipinski definition) is 4. The second-order valence-electron chi connectivity index (χ2n) is 5.58. The van der Waals surface area contributed by atoms with Crippen LogP contribution >= 0.6 is 11.6 Å². The summed E-state index contributed by atoms with van der Waals surface area (Å²) >= 11 is 6.28. The first-order valence-electron chi connectivity index (χ1n) is 7.63. The highest BCUT2D eigenvalue weighted by Gasteiger charge is 2.39. The largest absolute Gasteiger partial charge is 0.354 e. The van der Waals surface area contributed by atoms with E-state index in [9.17, 15) is 4.21 Å². The first kappa shape index (κ1) is 16.7. The average molecular weight is 330 g/mol. The van der Waals surface area contributed by atoms with Gasteiger partial charge in [-0.25, -0.2) is 9.97 Å². The molecule has 1 aromatic rings. The Bertz CT molecular complexity index is 546. The zero-order valence-corrected chi connectivity index (χ0v) is 14.9. The van der Waals surface area contributed by atoms with Gasteiger partial charge in [-0.2, -0.15) is 0 Å². The molecule has 1 aromatic heterocycles. The van der Waals surface area contributed by atoms with Crippen molar-refractivity contribution in [3.8, 4) is 0 Å². The van der Waals surface area contributed by atoms with Crippen LogP contribution < -0.4 is 4.90 Å². The Balaban J connectivity index is 2.41. The second kappa shape index (κ2) is 6.61. The molecule has 4 nitrogen and oxygen atoms in total. The van der Waals surface area contributed by atoms with Gasteiger partial charge in [0.15, 0.2) is 0 Å². The maximum absolute atomic E-state index is 12.5. The predicted molar refractivity (Wildman–Crippen MR) is 89.7 cm³/mol. The summed E-state index contributed by atoms with van der Waals surface area (Å²) in [7, 11) is -0.768. The van der Waals surface area contributed by atoms with Crippen molar-refractivity contribution in [1.82, 2.24) is 9.97 Å². The Morgan fingerprint density at radius 3 is 2.52 bits per heavy atom. The fraction of sp³-hybridized carbons (Fsp3) is 0.733. The molecule has 0 saturated carbocycles. The van der Waals surface area contributed by atoms with Crippen molar-refractivity contribution < 1.29 is 4.21 Å². The van der Waals surface area contributed by atoms with E-state index >= 15 is 0 Å². The quantitative estimate of drug-likeness (QED) is 0.796. The maximum Gasteiger partial charge on any atom is 0.138 e. The van der Waals surface area contributed by atoms with Crippen LogP contribution in [-0.4, -0.2) is 37.8 Å². The summed E-state index contributed by atoms with van der Waals surface area (Å²) in [6, 6.07) is 0. The van der Waals surface area contributed by atoms with Gasteiger partial charge in [0.1, 0.15) is 16.8 Å². The van der Waals surface area contributed by atoms with E-state index in [1.165, 1.54) is 0 Å². The Kier molecular flexibility index (Phi) is 5.25. The number of nitrogens with zero attached hydrogens (tertiary/aromatic N) is 3. The molecule has 0 N–H and O–H groups in total. The highest BCUT2D eigenvalue weighted by atomic mass is 35.5. The maximum atomic E-state index is 12.5. The lowest BCUT2D eigenvalue weighted by Gasteiger charge is -2.42. The van der Waals surface area contributed by atoms with Gasteiger partial charge < -0.3 is 4.90 Å². The minimum absolute atomic E-state index is 0.130. The third kappa shape index (κ3) is 3.09. The molecule has 1 unspecified atom stereocenters. The van der Waals surface area contributed by atoms with Crippen LogP contribution in [0.1, 0.15) is 45.0 Å². The highest BCUT2D eigenvalue weighted by Crippen LogP contribution is 2.33. The molecule has 2 rings (SSSR count). The van der Waals surface area contributed by atoms with Crippen molar-refractivity contribution in [2.45, 2.75) is 51.7 Å². The fourth-order valence-corrected chi connectivity index (χ4v) is 5.10. The molecule has 1 atom stereocenters. The summed E-state index contributed by atoms with van der Waals surface area (Å²) in [6.45, 7) is 9.75. The third-order valence-electron chi connectivity index (χ3n) is 4.50. The lowest BCUT2D eigenvalue weighted by Crippen LogP contribution is -2.53. The third-order valence-corrected chi connectivity index (χ3v) is 7.04. The van der Waals surface area contributed by atoms with Gasteiger partial charge in [0.25, 0.3) is 0 Å². The van der Waals surface area contributed by atoms with E-state index in [0.29, 0.717) is 16.7 Å². The summed E-state index contributed by atoms with van der Waals surface area (Å²) in [6.07, 6.45) is 2.65. The SMILES string of the molecule is CCc1c(Cl)nc(C)nc1N1CCS(=O)C(CC)(CC)C1. The molecule has 0 amide bonds. The van der Waals surface area contributed by atoms with Crippen molar-refractivity contribution >= 4 is 28.2 Å². The zero-order chi connectivity index (χ0) is 15.6. The second-order valence-corrected chi connectivity index (χ2v) is 7.90. The molecule has 6 heteroatoms. The lowest BCUT2D eigenvalue weighted by atomic mass is 10.0. The van der Waals surface area contributed by atoms with E-state index in [-0.39, 0.29) is 4.75 Å². The first-order valence-corrected chi connectivity index (χ1v) is 9.33. The Morgan fingerprint density at radius 1 is 1.29 bits per heavy atom. The monoisotopic (exact) mass is 329 g/mol. The molecule has 118 valence electrons.